The van der Waals surface area contributed by atoms with Crippen LogP contribution in [-0.4, -0.2) is 20.6 Å². The summed E-state index contributed by atoms with van der Waals surface area (Å²) in [5, 5.41) is 0.732. The summed E-state index contributed by atoms with van der Waals surface area (Å²) in [4.78, 5) is 0. The Morgan fingerprint density at radius 3 is 1.95 bits per heavy atom. The Hall–Kier alpha value is -1.45. The van der Waals surface area contributed by atoms with E-state index >= 15 is 0 Å². The van der Waals surface area contributed by atoms with Gasteiger partial charge in [-0.2, -0.15) is 0 Å². The van der Waals surface area contributed by atoms with Crippen molar-refractivity contribution < 1.29 is 9.39 Å². The maximum atomic E-state index is 6.11. The molecule has 0 unspecified atom stereocenters. The zero-order valence-corrected chi connectivity index (χ0v) is 13.4. The lowest BCUT2D eigenvalue weighted by atomic mass is 9.55. The van der Waals surface area contributed by atoms with Crippen molar-refractivity contribution in [1.29, 1.82) is 0 Å². The average Bonchev–Trinajstić information content (AvgIpc) is 2.49. The molecular weight excluding hydrogens is 282 g/mol. The van der Waals surface area contributed by atoms with Crippen LogP contribution in [0.1, 0.15) is 13.8 Å². The molecule has 2 nitrogen and oxygen atoms in total. The third-order valence-corrected chi connectivity index (χ3v) is 3.44. The van der Waals surface area contributed by atoms with E-state index in [2.05, 4.69) is 13.8 Å². The van der Waals surface area contributed by atoms with Crippen molar-refractivity contribution in [1.82, 2.24) is 0 Å². The Bertz CT molecular complexity index is 552. The molecule has 0 heterocycles. The van der Waals surface area contributed by atoms with E-state index in [0.29, 0.717) is 12.5 Å². The van der Waals surface area contributed by atoms with Gasteiger partial charge in [0.25, 0.3) is 0 Å². The molecule has 0 fully saturated rings. The largest absolute Gasteiger partial charge is 0.497 e. The van der Waals surface area contributed by atoms with Crippen molar-refractivity contribution in [3.8, 4) is 5.75 Å². The highest BCUT2D eigenvalue weighted by atomic mass is 35.5. The molecule has 0 N–H and O–H groups in total. The normalized spacial score (nSPS) is 10.7. The lowest BCUT2D eigenvalue weighted by Gasteiger charge is -2.17. The molecule has 2 aromatic rings. The van der Waals surface area contributed by atoms with Crippen molar-refractivity contribution in [2.45, 2.75) is 13.8 Å². The van der Waals surface area contributed by atoms with Crippen molar-refractivity contribution in [3.05, 3.63) is 53.6 Å². The molecule has 110 valence electrons. The number of hydrogen-bond acceptors (Lipinski definition) is 2. The van der Waals surface area contributed by atoms with Gasteiger partial charge in [-0.15, -0.1) is 0 Å². The predicted octanol–water partition coefficient (Wildman–Crippen LogP) is 3.13. The van der Waals surface area contributed by atoms with Crippen LogP contribution in [0, 0.1) is 5.92 Å². The maximum absolute atomic E-state index is 6.11. The molecule has 0 atom stereocenters. The first kappa shape index (κ1) is 15.9. The van der Waals surface area contributed by atoms with Gasteiger partial charge in [-0.05, 0) is 41.1 Å². The number of benzene rings is 2. The number of hydrogen-bond donors (Lipinski definition) is 0. The Balaban J connectivity index is 2.27. The van der Waals surface area contributed by atoms with Crippen molar-refractivity contribution in [2.75, 3.05) is 13.7 Å². The molecule has 0 spiro atoms. The Morgan fingerprint density at radius 2 is 1.48 bits per heavy atom. The van der Waals surface area contributed by atoms with Gasteiger partial charge in [-0.3, -0.25) is 0 Å². The molecule has 21 heavy (non-hydrogen) atoms. The van der Waals surface area contributed by atoms with Crippen LogP contribution in [0.3, 0.4) is 0 Å². The van der Waals surface area contributed by atoms with E-state index in [1.54, 1.807) is 7.11 Å². The second-order valence-corrected chi connectivity index (χ2v) is 5.87. The molecule has 0 saturated heterocycles. The summed E-state index contributed by atoms with van der Waals surface area (Å²) >= 11 is 5.97. The number of ether oxygens (including phenoxy) is 1. The first-order valence-corrected chi connectivity index (χ1v) is 7.49. The predicted molar refractivity (Wildman–Crippen MR) is 90.3 cm³/mol. The molecule has 0 saturated carbocycles. The summed E-state index contributed by atoms with van der Waals surface area (Å²) < 4.78 is 11.3. The van der Waals surface area contributed by atoms with E-state index in [9.17, 15) is 0 Å². The summed E-state index contributed by atoms with van der Waals surface area (Å²) in [5.74, 6) is 1.33. The Labute approximate surface area is 132 Å². The highest BCUT2D eigenvalue weighted by Crippen LogP contribution is 2.09. The van der Waals surface area contributed by atoms with E-state index in [0.717, 1.165) is 21.7 Å². The van der Waals surface area contributed by atoms with Gasteiger partial charge < -0.3 is 9.39 Å². The molecule has 2 rings (SSSR count). The maximum Gasteiger partial charge on any atom is 0.361 e. The van der Waals surface area contributed by atoms with Gasteiger partial charge in [-0.25, -0.2) is 0 Å². The van der Waals surface area contributed by atoms with Crippen LogP contribution in [0.5, 0.6) is 5.75 Å². The Morgan fingerprint density at radius 1 is 0.952 bits per heavy atom. The van der Waals surface area contributed by atoms with Gasteiger partial charge in [0.05, 0.1) is 7.11 Å². The zero-order chi connectivity index (χ0) is 15.2. The highest BCUT2D eigenvalue weighted by molar-refractivity contribution is 6.80. The summed E-state index contributed by atoms with van der Waals surface area (Å²) in [5.41, 5.74) is 2.21. The summed E-state index contributed by atoms with van der Waals surface area (Å²) in [6, 6.07) is 15.8. The third kappa shape index (κ3) is 4.52. The smallest absolute Gasteiger partial charge is 0.361 e. The van der Waals surface area contributed by atoms with Crippen LogP contribution < -0.4 is 15.7 Å². The molecule has 0 radical (unpaired) electrons. The number of halogens is 1. The molecule has 0 amide bonds. The summed E-state index contributed by atoms with van der Waals surface area (Å²) in [6.07, 6.45) is 0. The van der Waals surface area contributed by atoms with Crippen LogP contribution in [0.15, 0.2) is 48.5 Å². The lowest BCUT2D eigenvalue weighted by molar-refractivity contribution is 0.282. The van der Waals surface area contributed by atoms with E-state index in [1.807, 2.05) is 48.5 Å². The quantitative estimate of drug-likeness (QED) is 0.763. The van der Waals surface area contributed by atoms with E-state index in [1.165, 1.54) is 0 Å². The van der Waals surface area contributed by atoms with Gasteiger partial charge in [0.15, 0.2) is 0 Å². The molecule has 0 aliphatic carbocycles. The lowest BCUT2D eigenvalue weighted by Crippen LogP contribution is -2.45. The van der Waals surface area contributed by atoms with Crippen molar-refractivity contribution in [2.24, 2.45) is 5.92 Å². The number of rotatable bonds is 6. The average molecular weight is 303 g/mol. The fourth-order valence-corrected chi connectivity index (χ4v) is 2.22. The van der Waals surface area contributed by atoms with Crippen LogP contribution in [0.2, 0.25) is 5.02 Å². The van der Waals surface area contributed by atoms with Gasteiger partial charge in [0.1, 0.15) is 5.75 Å². The standard InChI is InChI=1S/C17H20BClO2/c1-13(2)12-21-18(14-4-8-16(19)9-5-14)15-6-10-17(20-3)11-7-15/h4-11,13H,12H2,1-3H3. The van der Waals surface area contributed by atoms with Crippen LogP contribution in [-0.2, 0) is 4.65 Å². The molecule has 0 bridgehead atoms. The molecule has 2 aromatic carbocycles. The third-order valence-electron chi connectivity index (χ3n) is 3.19. The van der Waals surface area contributed by atoms with Gasteiger partial charge in [0.2, 0.25) is 0 Å². The number of methoxy groups -OCH3 is 1. The zero-order valence-electron chi connectivity index (χ0n) is 12.7. The van der Waals surface area contributed by atoms with Gasteiger partial charge in [0, 0.05) is 11.6 Å². The van der Waals surface area contributed by atoms with Crippen LogP contribution in [0.25, 0.3) is 0 Å². The van der Waals surface area contributed by atoms with E-state index in [4.69, 9.17) is 21.0 Å². The molecule has 0 aromatic heterocycles. The Kier molecular flexibility index (Phi) is 5.71. The fourth-order valence-electron chi connectivity index (χ4n) is 2.09. The van der Waals surface area contributed by atoms with Crippen LogP contribution >= 0.6 is 11.6 Å². The topological polar surface area (TPSA) is 18.5 Å². The minimum absolute atomic E-state index is 0.0874. The summed E-state index contributed by atoms with van der Waals surface area (Å²) in [7, 11) is 1.67. The fraction of sp³-hybridized carbons (Fsp3) is 0.294. The first-order valence-electron chi connectivity index (χ1n) is 7.11. The SMILES string of the molecule is COc1ccc(B(OCC(C)C)c2ccc(Cl)cc2)cc1. The minimum atomic E-state index is -0.0874. The molecule has 0 aliphatic rings. The van der Waals surface area contributed by atoms with Crippen LogP contribution in [0.4, 0.5) is 0 Å². The molecule has 4 heteroatoms. The molecular formula is C17H20BClO2. The minimum Gasteiger partial charge on any atom is -0.497 e. The van der Waals surface area contributed by atoms with Gasteiger partial charge >= 0.3 is 6.92 Å². The van der Waals surface area contributed by atoms with Crippen molar-refractivity contribution >= 4 is 29.4 Å². The monoisotopic (exact) mass is 302 g/mol. The van der Waals surface area contributed by atoms with Crippen molar-refractivity contribution in [3.63, 3.8) is 0 Å². The van der Waals surface area contributed by atoms with E-state index in [-0.39, 0.29) is 6.92 Å². The summed E-state index contributed by atoms with van der Waals surface area (Å²) in [6.45, 7) is 4.91. The van der Waals surface area contributed by atoms with E-state index < -0.39 is 0 Å². The molecule has 0 aliphatic heterocycles. The highest BCUT2D eigenvalue weighted by Gasteiger charge is 2.21. The first-order chi connectivity index (χ1) is 10.1. The second-order valence-electron chi connectivity index (χ2n) is 5.43. The second kappa shape index (κ2) is 7.53. The van der Waals surface area contributed by atoms with Gasteiger partial charge in [-0.1, -0.05) is 49.7 Å².